The molecule has 0 saturated carbocycles. The molecule has 124 valence electrons. The number of furan rings is 1. The number of anilines is 1. The molecule has 7 heteroatoms. The molecular weight excluding hydrogens is 344 g/mol. The van der Waals surface area contributed by atoms with Crippen molar-refractivity contribution in [2.45, 2.75) is 0 Å². The highest BCUT2D eigenvalue weighted by Crippen LogP contribution is 2.23. The minimum atomic E-state index is -0.756. The fourth-order valence-electron chi connectivity index (χ4n) is 2.18. The third-order valence-electron chi connectivity index (χ3n) is 3.29. The topological polar surface area (TPSA) is 92.3 Å². The van der Waals surface area contributed by atoms with Crippen molar-refractivity contribution in [1.29, 1.82) is 5.26 Å². The lowest BCUT2D eigenvalue weighted by molar-refractivity contribution is -0.119. The van der Waals surface area contributed by atoms with Crippen LogP contribution in [0, 0.1) is 11.3 Å². The van der Waals surface area contributed by atoms with Crippen molar-refractivity contribution < 1.29 is 18.7 Å². The van der Waals surface area contributed by atoms with E-state index in [4.69, 9.17) is 26.0 Å². The Morgan fingerprint density at radius 2 is 2.04 bits per heavy atom. The van der Waals surface area contributed by atoms with Crippen LogP contribution in [-0.4, -0.2) is 18.5 Å². The highest BCUT2D eigenvalue weighted by molar-refractivity contribution is 6.31. The third kappa shape index (κ3) is 3.97. The maximum atomic E-state index is 12.0. The Kier molecular flexibility index (Phi) is 4.68. The van der Waals surface area contributed by atoms with Crippen LogP contribution in [0.4, 0.5) is 5.69 Å². The van der Waals surface area contributed by atoms with Crippen LogP contribution in [0.5, 0.6) is 0 Å². The lowest BCUT2D eigenvalue weighted by atomic mass is 10.2. The standard InChI is InChI=1S/C18H11ClN2O4/c19-13-4-5-15-12(7-13)8-16(25-15)18(23)24-10-17(22)21-14-3-1-2-11(6-14)9-20/h1-8H,10H2,(H,21,22). The molecule has 0 atom stereocenters. The Morgan fingerprint density at radius 1 is 1.20 bits per heavy atom. The zero-order chi connectivity index (χ0) is 17.8. The molecular formula is C18H11ClN2O4. The van der Waals surface area contributed by atoms with E-state index in [1.807, 2.05) is 6.07 Å². The Bertz CT molecular complexity index is 1000. The Balaban J connectivity index is 1.60. The molecule has 0 unspecified atom stereocenters. The predicted octanol–water partition coefficient (Wildman–Crippen LogP) is 3.75. The average Bonchev–Trinajstić information content (AvgIpc) is 3.03. The fourth-order valence-corrected chi connectivity index (χ4v) is 2.36. The Labute approximate surface area is 147 Å². The second kappa shape index (κ2) is 7.07. The van der Waals surface area contributed by atoms with Gasteiger partial charge >= 0.3 is 5.97 Å². The molecule has 1 amide bonds. The molecule has 0 aliphatic rings. The van der Waals surface area contributed by atoms with Crippen molar-refractivity contribution in [2.75, 3.05) is 11.9 Å². The number of hydrogen-bond donors (Lipinski definition) is 1. The number of nitrogens with one attached hydrogen (secondary N) is 1. The largest absolute Gasteiger partial charge is 0.450 e. The highest BCUT2D eigenvalue weighted by Gasteiger charge is 2.15. The van der Waals surface area contributed by atoms with Crippen molar-refractivity contribution in [1.82, 2.24) is 0 Å². The number of fused-ring (bicyclic) bond motifs is 1. The van der Waals surface area contributed by atoms with Gasteiger partial charge in [0.05, 0.1) is 11.6 Å². The predicted molar refractivity (Wildman–Crippen MR) is 91.3 cm³/mol. The van der Waals surface area contributed by atoms with Gasteiger partial charge in [-0.15, -0.1) is 0 Å². The van der Waals surface area contributed by atoms with Gasteiger partial charge in [0.15, 0.2) is 6.61 Å². The number of hydrogen-bond acceptors (Lipinski definition) is 5. The molecule has 6 nitrogen and oxygen atoms in total. The monoisotopic (exact) mass is 354 g/mol. The van der Waals surface area contributed by atoms with Crippen molar-refractivity contribution in [2.24, 2.45) is 0 Å². The molecule has 3 aromatic rings. The van der Waals surface area contributed by atoms with E-state index in [-0.39, 0.29) is 5.76 Å². The van der Waals surface area contributed by atoms with Crippen LogP contribution in [0.15, 0.2) is 52.9 Å². The molecule has 0 spiro atoms. The third-order valence-corrected chi connectivity index (χ3v) is 3.52. The van der Waals surface area contributed by atoms with E-state index in [2.05, 4.69) is 5.32 Å². The zero-order valence-electron chi connectivity index (χ0n) is 12.8. The Hall–Kier alpha value is -3.30. The van der Waals surface area contributed by atoms with Crippen LogP contribution < -0.4 is 5.32 Å². The molecule has 2 aromatic carbocycles. The van der Waals surface area contributed by atoms with E-state index in [1.54, 1.807) is 36.4 Å². The first-order valence-electron chi connectivity index (χ1n) is 7.21. The van der Waals surface area contributed by atoms with Crippen LogP contribution in [-0.2, 0) is 9.53 Å². The summed E-state index contributed by atoms with van der Waals surface area (Å²) < 4.78 is 10.3. The van der Waals surface area contributed by atoms with Crippen LogP contribution >= 0.6 is 11.6 Å². The number of esters is 1. The molecule has 1 heterocycles. The second-order valence-electron chi connectivity index (χ2n) is 5.11. The Morgan fingerprint density at radius 3 is 2.84 bits per heavy atom. The van der Waals surface area contributed by atoms with Gasteiger partial charge in [-0.3, -0.25) is 4.79 Å². The normalized spacial score (nSPS) is 10.2. The fraction of sp³-hybridized carbons (Fsp3) is 0.0556. The summed E-state index contributed by atoms with van der Waals surface area (Å²) in [4.78, 5) is 23.8. The first-order valence-corrected chi connectivity index (χ1v) is 7.59. The number of halogens is 1. The van der Waals surface area contributed by atoms with Gasteiger partial charge in [0.1, 0.15) is 5.58 Å². The molecule has 3 rings (SSSR count). The molecule has 0 aliphatic heterocycles. The molecule has 0 saturated heterocycles. The van der Waals surface area contributed by atoms with Gasteiger partial charge in [0, 0.05) is 16.1 Å². The second-order valence-corrected chi connectivity index (χ2v) is 5.55. The van der Waals surface area contributed by atoms with Crippen molar-refractivity contribution >= 4 is 40.1 Å². The zero-order valence-corrected chi connectivity index (χ0v) is 13.5. The molecule has 0 radical (unpaired) electrons. The molecule has 0 aliphatic carbocycles. The van der Waals surface area contributed by atoms with E-state index in [0.717, 1.165) is 0 Å². The lowest BCUT2D eigenvalue weighted by Gasteiger charge is -2.05. The molecule has 1 aromatic heterocycles. The highest BCUT2D eigenvalue weighted by atomic mass is 35.5. The van der Waals surface area contributed by atoms with Crippen LogP contribution in [0.1, 0.15) is 16.1 Å². The van der Waals surface area contributed by atoms with Crippen LogP contribution in [0.3, 0.4) is 0 Å². The summed E-state index contributed by atoms with van der Waals surface area (Å²) in [6.07, 6.45) is 0. The van der Waals surface area contributed by atoms with Gasteiger partial charge in [0.2, 0.25) is 5.76 Å². The van der Waals surface area contributed by atoms with Crippen molar-refractivity contribution in [3.63, 3.8) is 0 Å². The van der Waals surface area contributed by atoms with Gasteiger partial charge in [-0.1, -0.05) is 17.7 Å². The lowest BCUT2D eigenvalue weighted by Crippen LogP contribution is -2.20. The van der Waals surface area contributed by atoms with E-state index in [9.17, 15) is 9.59 Å². The van der Waals surface area contributed by atoms with Gasteiger partial charge in [-0.25, -0.2) is 4.79 Å². The van der Waals surface area contributed by atoms with Crippen LogP contribution in [0.25, 0.3) is 11.0 Å². The van der Waals surface area contributed by atoms with E-state index < -0.39 is 18.5 Å². The summed E-state index contributed by atoms with van der Waals surface area (Å²) in [7, 11) is 0. The number of benzene rings is 2. The quantitative estimate of drug-likeness (QED) is 0.720. The minimum Gasteiger partial charge on any atom is -0.450 e. The summed E-state index contributed by atoms with van der Waals surface area (Å²) in [5.41, 5.74) is 1.35. The number of amides is 1. The maximum absolute atomic E-state index is 12.0. The number of carbonyl (C=O) groups is 2. The smallest absolute Gasteiger partial charge is 0.374 e. The molecule has 1 N–H and O–H groups in total. The summed E-state index contributed by atoms with van der Waals surface area (Å²) in [6, 6.07) is 14.8. The first-order chi connectivity index (χ1) is 12.0. The average molecular weight is 355 g/mol. The minimum absolute atomic E-state index is 0.0171. The molecule has 0 fully saturated rings. The van der Waals surface area contributed by atoms with Crippen molar-refractivity contribution in [3.05, 3.63) is 64.9 Å². The van der Waals surface area contributed by atoms with Crippen LogP contribution in [0.2, 0.25) is 5.02 Å². The SMILES string of the molecule is N#Cc1cccc(NC(=O)COC(=O)c2cc3cc(Cl)ccc3o2)c1. The van der Waals surface area contributed by atoms with E-state index in [0.29, 0.717) is 27.2 Å². The van der Waals surface area contributed by atoms with Gasteiger partial charge in [-0.2, -0.15) is 5.26 Å². The maximum Gasteiger partial charge on any atom is 0.374 e. The summed E-state index contributed by atoms with van der Waals surface area (Å²) in [5.74, 6) is -1.30. The van der Waals surface area contributed by atoms with Gasteiger partial charge < -0.3 is 14.5 Å². The number of ether oxygens (including phenoxy) is 1. The number of carbonyl (C=O) groups excluding carboxylic acids is 2. The van der Waals surface area contributed by atoms with E-state index >= 15 is 0 Å². The number of nitrogens with zero attached hydrogens (tertiary/aromatic N) is 1. The van der Waals surface area contributed by atoms with E-state index in [1.165, 1.54) is 12.1 Å². The molecule has 0 bridgehead atoms. The molecule has 25 heavy (non-hydrogen) atoms. The number of rotatable bonds is 4. The number of nitriles is 1. The summed E-state index contributed by atoms with van der Waals surface area (Å²) in [5, 5.41) is 12.6. The van der Waals surface area contributed by atoms with Gasteiger partial charge in [-0.05, 0) is 42.5 Å². The van der Waals surface area contributed by atoms with Gasteiger partial charge in [0.25, 0.3) is 5.91 Å². The first kappa shape index (κ1) is 16.6. The van der Waals surface area contributed by atoms with Crippen molar-refractivity contribution in [3.8, 4) is 6.07 Å². The summed E-state index contributed by atoms with van der Waals surface area (Å²) in [6.45, 7) is -0.479. The summed E-state index contributed by atoms with van der Waals surface area (Å²) >= 11 is 5.88.